The number of hydrogen-bond acceptors (Lipinski definition) is 4. The molecule has 0 saturated carbocycles. The van der Waals surface area contributed by atoms with Crippen molar-refractivity contribution in [1.82, 2.24) is 5.32 Å². The van der Waals surface area contributed by atoms with Crippen molar-refractivity contribution in [2.24, 2.45) is 0 Å². The molecule has 2 aromatic rings. The van der Waals surface area contributed by atoms with Crippen molar-refractivity contribution in [3.8, 4) is 11.5 Å². The van der Waals surface area contributed by atoms with Gasteiger partial charge in [0.15, 0.2) is 11.5 Å². The number of benzene rings is 2. The molecule has 1 aliphatic rings. The highest BCUT2D eigenvalue weighted by Gasteiger charge is 2.15. The Hall–Kier alpha value is -1.56. The standard InChI is InChI=1S/C21H26BrNO3/c1-15-5-3-6-16(9-15)14-26-21-19(22)10-17(11-20(21)24-2)12-23-13-18-7-4-8-25-18/h3,5-6,9-11,18,23H,4,7-8,12-14H2,1-2H3. The van der Waals surface area contributed by atoms with E-state index in [9.17, 15) is 0 Å². The van der Waals surface area contributed by atoms with Gasteiger partial charge < -0.3 is 19.5 Å². The highest BCUT2D eigenvalue weighted by atomic mass is 79.9. The molecule has 1 heterocycles. The SMILES string of the molecule is COc1cc(CNCC2CCCO2)cc(Br)c1OCc1cccc(C)c1. The summed E-state index contributed by atoms with van der Waals surface area (Å²) in [5, 5.41) is 3.46. The molecule has 1 N–H and O–H groups in total. The Labute approximate surface area is 164 Å². The minimum Gasteiger partial charge on any atom is -0.493 e. The fourth-order valence-electron chi connectivity index (χ4n) is 3.16. The van der Waals surface area contributed by atoms with E-state index in [1.165, 1.54) is 12.0 Å². The number of aryl methyl sites for hydroxylation is 1. The molecular weight excluding hydrogens is 394 g/mol. The Bertz CT molecular complexity index is 729. The molecule has 0 radical (unpaired) electrons. The van der Waals surface area contributed by atoms with E-state index >= 15 is 0 Å². The normalized spacial score (nSPS) is 16.7. The fourth-order valence-corrected chi connectivity index (χ4v) is 3.76. The minimum atomic E-state index is 0.345. The van der Waals surface area contributed by atoms with Crippen molar-refractivity contribution in [3.05, 3.63) is 57.6 Å². The van der Waals surface area contributed by atoms with Crippen LogP contribution in [0.3, 0.4) is 0 Å². The average Bonchev–Trinajstić information content (AvgIpc) is 3.14. The van der Waals surface area contributed by atoms with E-state index in [0.29, 0.717) is 12.7 Å². The van der Waals surface area contributed by atoms with Crippen LogP contribution in [0.15, 0.2) is 40.9 Å². The third-order valence-corrected chi connectivity index (χ3v) is 5.07. The van der Waals surface area contributed by atoms with E-state index < -0.39 is 0 Å². The second-order valence-electron chi connectivity index (χ2n) is 6.65. The second-order valence-corrected chi connectivity index (χ2v) is 7.51. The first kappa shape index (κ1) is 19.2. The van der Waals surface area contributed by atoms with E-state index in [-0.39, 0.29) is 0 Å². The quantitative estimate of drug-likeness (QED) is 0.677. The van der Waals surface area contributed by atoms with Gasteiger partial charge in [-0.05, 0) is 59.0 Å². The van der Waals surface area contributed by atoms with Gasteiger partial charge in [-0.1, -0.05) is 29.8 Å². The molecule has 5 heteroatoms. The van der Waals surface area contributed by atoms with Gasteiger partial charge >= 0.3 is 0 Å². The molecule has 1 aliphatic heterocycles. The van der Waals surface area contributed by atoms with E-state index in [2.05, 4.69) is 52.4 Å². The number of methoxy groups -OCH3 is 1. The van der Waals surface area contributed by atoms with E-state index in [0.717, 1.165) is 53.2 Å². The number of rotatable bonds is 8. The van der Waals surface area contributed by atoms with Crippen molar-refractivity contribution in [2.45, 2.75) is 39.0 Å². The highest BCUT2D eigenvalue weighted by molar-refractivity contribution is 9.10. The maximum Gasteiger partial charge on any atom is 0.175 e. The van der Waals surface area contributed by atoms with Gasteiger partial charge in [0.2, 0.25) is 0 Å². The zero-order valence-corrected chi connectivity index (χ0v) is 17.0. The van der Waals surface area contributed by atoms with Gasteiger partial charge in [0.25, 0.3) is 0 Å². The van der Waals surface area contributed by atoms with Crippen LogP contribution in [0.4, 0.5) is 0 Å². The molecule has 1 fully saturated rings. The van der Waals surface area contributed by atoms with Crippen LogP contribution in [0.1, 0.15) is 29.5 Å². The largest absolute Gasteiger partial charge is 0.493 e. The summed E-state index contributed by atoms with van der Waals surface area (Å²) >= 11 is 3.63. The first-order valence-corrected chi connectivity index (χ1v) is 9.82. The van der Waals surface area contributed by atoms with Crippen LogP contribution in [0.5, 0.6) is 11.5 Å². The molecule has 26 heavy (non-hydrogen) atoms. The predicted octanol–water partition coefficient (Wildman–Crippen LogP) is 4.61. The van der Waals surface area contributed by atoms with Gasteiger partial charge in [-0.25, -0.2) is 0 Å². The first-order valence-electron chi connectivity index (χ1n) is 9.03. The molecule has 1 atom stereocenters. The van der Waals surface area contributed by atoms with Crippen LogP contribution < -0.4 is 14.8 Å². The Kier molecular flexibility index (Phi) is 6.94. The summed E-state index contributed by atoms with van der Waals surface area (Å²) < 4.78 is 18.1. The topological polar surface area (TPSA) is 39.7 Å². The Morgan fingerprint density at radius 3 is 2.85 bits per heavy atom. The monoisotopic (exact) mass is 419 g/mol. The minimum absolute atomic E-state index is 0.345. The lowest BCUT2D eigenvalue weighted by Gasteiger charge is -2.16. The van der Waals surface area contributed by atoms with E-state index in [4.69, 9.17) is 14.2 Å². The van der Waals surface area contributed by atoms with Gasteiger partial charge in [-0.3, -0.25) is 0 Å². The third-order valence-electron chi connectivity index (χ3n) is 4.48. The highest BCUT2D eigenvalue weighted by Crippen LogP contribution is 2.37. The summed E-state index contributed by atoms with van der Waals surface area (Å²) in [4.78, 5) is 0. The summed E-state index contributed by atoms with van der Waals surface area (Å²) in [6, 6.07) is 12.4. The van der Waals surface area contributed by atoms with Crippen LogP contribution in [0, 0.1) is 6.92 Å². The average molecular weight is 420 g/mol. The summed E-state index contributed by atoms with van der Waals surface area (Å²) in [7, 11) is 1.67. The van der Waals surface area contributed by atoms with Gasteiger partial charge in [-0.15, -0.1) is 0 Å². The molecule has 3 rings (SSSR count). The summed E-state index contributed by atoms with van der Waals surface area (Å²) in [5.74, 6) is 1.47. The van der Waals surface area contributed by atoms with Gasteiger partial charge in [-0.2, -0.15) is 0 Å². The van der Waals surface area contributed by atoms with E-state index in [1.54, 1.807) is 7.11 Å². The molecule has 4 nitrogen and oxygen atoms in total. The predicted molar refractivity (Wildman–Crippen MR) is 107 cm³/mol. The van der Waals surface area contributed by atoms with Crippen molar-refractivity contribution in [2.75, 3.05) is 20.3 Å². The lowest BCUT2D eigenvalue weighted by molar-refractivity contribution is 0.110. The van der Waals surface area contributed by atoms with Crippen molar-refractivity contribution >= 4 is 15.9 Å². The summed E-state index contributed by atoms with van der Waals surface area (Å²) in [6.07, 6.45) is 2.65. The number of halogens is 1. The zero-order chi connectivity index (χ0) is 18.4. The zero-order valence-electron chi connectivity index (χ0n) is 15.4. The molecule has 0 aliphatic carbocycles. The molecule has 1 unspecified atom stereocenters. The number of ether oxygens (including phenoxy) is 3. The smallest absolute Gasteiger partial charge is 0.175 e. The molecule has 0 aromatic heterocycles. The van der Waals surface area contributed by atoms with Gasteiger partial charge in [0.05, 0.1) is 17.7 Å². The fraction of sp³-hybridized carbons (Fsp3) is 0.429. The Morgan fingerprint density at radius 1 is 1.23 bits per heavy atom. The number of hydrogen-bond donors (Lipinski definition) is 1. The van der Waals surface area contributed by atoms with Gasteiger partial charge in [0.1, 0.15) is 6.61 Å². The lowest BCUT2D eigenvalue weighted by Crippen LogP contribution is -2.25. The molecule has 2 aromatic carbocycles. The second kappa shape index (κ2) is 9.40. The lowest BCUT2D eigenvalue weighted by atomic mass is 10.1. The van der Waals surface area contributed by atoms with E-state index in [1.807, 2.05) is 12.1 Å². The molecule has 0 bridgehead atoms. The Balaban J connectivity index is 1.62. The number of nitrogens with one attached hydrogen (secondary N) is 1. The van der Waals surface area contributed by atoms with Crippen molar-refractivity contribution < 1.29 is 14.2 Å². The van der Waals surface area contributed by atoms with Crippen LogP contribution in [-0.2, 0) is 17.9 Å². The maximum atomic E-state index is 6.03. The van der Waals surface area contributed by atoms with Crippen molar-refractivity contribution in [3.63, 3.8) is 0 Å². The van der Waals surface area contributed by atoms with Crippen LogP contribution >= 0.6 is 15.9 Å². The summed E-state index contributed by atoms with van der Waals surface area (Å²) in [5.41, 5.74) is 3.51. The van der Waals surface area contributed by atoms with Gasteiger partial charge in [0, 0.05) is 19.7 Å². The van der Waals surface area contributed by atoms with Crippen LogP contribution in [0.25, 0.3) is 0 Å². The van der Waals surface area contributed by atoms with Crippen molar-refractivity contribution in [1.29, 1.82) is 0 Å². The molecule has 140 valence electrons. The first-order chi connectivity index (χ1) is 12.7. The molecule has 1 saturated heterocycles. The van der Waals surface area contributed by atoms with Crippen LogP contribution in [0.2, 0.25) is 0 Å². The molecule has 0 spiro atoms. The van der Waals surface area contributed by atoms with Crippen LogP contribution in [-0.4, -0.2) is 26.4 Å². The summed E-state index contributed by atoms with van der Waals surface area (Å²) in [6.45, 7) is 5.13. The maximum absolute atomic E-state index is 6.03. The molecular formula is C21H26BrNO3. The Morgan fingerprint density at radius 2 is 2.12 bits per heavy atom. The third kappa shape index (κ3) is 5.22. The molecule has 0 amide bonds.